The molecule has 3 aliphatic heterocycles. The van der Waals surface area contributed by atoms with E-state index in [0.29, 0.717) is 28.8 Å². The smallest absolute Gasteiger partial charge is 0.231 e. The molecule has 0 N–H and O–H groups in total. The van der Waals surface area contributed by atoms with Crippen molar-refractivity contribution < 1.29 is 9.47 Å². The van der Waals surface area contributed by atoms with Gasteiger partial charge in [0, 0.05) is 18.0 Å². The van der Waals surface area contributed by atoms with Crippen LogP contribution in [-0.2, 0) is 0 Å². The zero-order chi connectivity index (χ0) is 13.0. The molecule has 0 radical (unpaired) electrons. The maximum Gasteiger partial charge on any atom is 0.231 e. The molecule has 0 aliphatic carbocycles. The number of hydrogen-bond donors (Lipinski definition) is 0. The molecule has 3 nitrogen and oxygen atoms in total. The summed E-state index contributed by atoms with van der Waals surface area (Å²) in [5.74, 6) is 1.86. The molecule has 0 saturated carbocycles. The van der Waals surface area contributed by atoms with Gasteiger partial charge in [0.15, 0.2) is 11.5 Å². The van der Waals surface area contributed by atoms with Crippen molar-refractivity contribution in [3.8, 4) is 11.5 Å². The molecule has 1 aromatic rings. The number of likely N-dealkylation sites (N-methyl/N-ethyl adjacent to an activating group) is 1. The Labute approximate surface area is 117 Å². The van der Waals surface area contributed by atoms with Gasteiger partial charge in [0.25, 0.3) is 0 Å². The zero-order valence-corrected chi connectivity index (χ0v) is 11.6. The van der Waals surface area contributed by atoms with Crippen molar-refractivity contribution in [1.82, 2.24) is 4.90 Å². The summed E-state index contributed by atoms with van der Waals surface area (Å²) in [7, 11) is 2.22. The number of hydrogen-bond acceptors (Lipinski definition) is 3. The molecule has 0 amide bonds. The summed E-state index contributed by atoms with van der Waals surface area (Å²) in [4.78, 5) is 2.48. The van der Waals surface area contributed by atoms with Gasteiger partial charge in [-0.05, 0) is 37.6 Å². The van der Waals surface area contributed by atoms with Crippen LogP contribution in [0.5, 0.6) is 11.5 Å². The maximum absolute atomic E-state index is 6.29. The minimum absolute atomic E-state index is 0.268. The number of fused-ring (bicyclic) bond motifs is 3. The second kappa shape index (κ2) is 4.15. The minimum Gasteiger partial charge on any atom is -0.454 e. The highest BCUT2D eigenvalue weighted by atomic mass is 35.5. The lowest BCUT2D eigenvalue weighted by Crippen LogP contribution is -2.37. The van der Waals surface area contributed by atoms with Gasteiger partial charge in [0.05, 0.1) is 5.02 Å². The molecule has 1 aromatic carbocycles. The van der Waals surface area contributed by atoms with Crippen molar-refractivity contribution in [1.29, 1.82) is 0 Å². The molecule has 19 heavy (non-hydrogen) atoms. The van der Waals surface area contributed by atoms with Crippen molar-refractivity contribution >= 4 is 11.6 Å². The molecule has 0 spiro atoms. The Bertz CT molecular complexity index is 557. The van der Waals surface area contributed by atoms with Gasteiger partial charge in [-0.15, -0.1) is 0 Å². The Morgan fingerprint density at radius 3 is 3.00 bits per heavy atom. The number of benzene rings is 1. The monoisotopic (exact) mass is 277 g/mol. The van der Waals surface area contributed by atoms with Crippen LogP contribution >= 0.6 is 11.6 Å². The highest BCUT2D eigenvalue weighted by molar-refractivity contribution is 6.32. The topological polar surface area (TPSA) is 21.7 Å². The molecule has 0 aromatic heterocycles. The normalized spacial score (nSPS) is 32.0. The molecule has 4 heteroatoms. The predicted octanol–water partition coefficient (Wildman–Crippen LogP) is 3.18. The van der Waals surface area contributed by atoms with Gasteiger partial charge in [0.1, 0.15) is 0 Å². The largest absolute Gasteiger partial charge is 0.454 e. The molecule has 0 unspecified atom stereocenters. The van der Waals surface area contributed by atoms with E-state index in [0.717, 1.165) is 5.75 Å². The fraction of sp³-hybridized carbons (Fsp3) is 0.467. The molecule has 1 fully saturated rings. The SMILES string of the molecule is CN1[C@H]2C=C[C@@H](c3cc(Cl)c4c(c3)OCO4)[C@@H]1CC2. The first-order chi connectivity index (χ1) is 9.24. The average Bonchev–Trinajstić information content (AvgIpc) is 2.93. The van der Waals surface area contributed by atoms with E-state index in [-0.39, 0.29) is 6.79 Å². The number of rotatable bonds is 1. The third kappa shape index (κ3) is 1.68. The van der Waals surface area contributed by atoms with Gasteiger partial charge in [-0.3, -0.25) is 4.90 Å². The summed E-state index contributed by atoms with van der Waals surface area (Å²) in [6, 6.07) is 5.30. The van der Waals surface area contributed by atoms with E-state index >= 15 is 0 Å². The lowest BCUT2D eigenvalue weighted by Gasteiger charge is -2.33. The molecule has 1 saturated heterocycles. The van der Waals surface area contributed by atoms with Crippen LogP contribution in [0, 0.1) is 0 Å². The Morgan fingerprint density at radius 1 is 1.21 bits per heavy atom. The van der Waals surface area contributed by atoms with Gasteiger partial charge in [-0.2, -0.15) is 0 Å². The lowest BCUT2D eigenvalue weighted by atomic mass is 9.88. The summed E-state index contributed by atoms with van der Waals surface area (Å²) >= 11 is 6.29. The van der Waals surface area contributed by atoms with Crippen molar-refractivity contribution in [2.24, 2.45) is 0 Å². The Kier molecular flexibility index (Phi) is 2.54. The van der Waals surface area contributed by atoms with E-state index in [4.69, 9.17) is 21.1 Å². The van der Waals surface area contributed by atoms with Crippen LogP contribution in [0.3, 0.4) is 0 Å². The number of nitrogens with zero attached hydrogens (tertiary/aromatic N) is 1. The molecule has 3 heterocycles. The minimum atomic E-state index is 0.268. The van der Waals surface area contributed by atoms with Crippen molar-refractivity contribution in [3.05, 3.63) is 34.9 Å². The Balaban J connectivity index is 1.75. The Morgan fingerprint density at radius 2 is 2.11 bits per heavy atom. The van der Waals surface area contributed by atoms with Crippen LogP contribution in [0.1, 0.15) is 24.3 Å². The van der Waals surface area contributed by atoms with Gasteiger partial charge in [-0.1, -0.05) is 23.8 Å². The first-order valence-electron chi connectivity index (χ1n) is 6.73. The van der Waals surface area contributed by atoms with E-state index < -0.39 is 0 Å². The molecular weight excluding hydrogens is 262 g/mol. The third-order valence-electron chi connectivity index (χ3n) is 4.59. The summed E-state index contributed by atoms with van der Waals surface area (Å²) in [6.07, 6.45) is 7.15. The second-order valence-corrected chi connectivity index (χ2v) is 5.93. The van der Waals surface area contributed by atoms with Gasteiger partial charge < -0.3 is 9.47 Å². The zero-order valence-electron chi connectivity index (χ0n) is 10.8. The predicted molar refractivity (Wildman–Crippen MR) is 74.0 cm³/mol. The van der Waals surface area contributed by atoms with E-state index in [1.807, 2.05) is 6.07 Å². The van der Waals surface area contributed by atoms with Gasteiger partial charge in [0.2, 0.25) is 6.79 Å². The van der Waals surface area contributed by atoms with Crippen LogP contribution in [0.15, 0.2) is 24.3 Å². The van der Waals surface area contributed by atoms with E-state index in [9.17, 15) is 0 Å². The van der Waals surface area contributed by atoms with Crippen molar-refractivity contribution in [3.63, 3.8) is 0 Å². The lowest BCUT2D eigenvalue weighted by molar-refractivity contribution is 0.174. The van der Waals surface area contributed by atoms with Crippen LogP contribution in [0.25, 0.3) is 0 Å². The molecule has 3 atom stereocenters. The third-order valence-corrected chi connectivity index (χ3v) is 4.87. The van der Waals surface area contributed by atoms with Gasteiger partial charge >= 0.3 is 0 Å². The van der Waals surface area contributed by atoms with Crippen LogP contribution in [0.4, 0.5) is 0 Å². The van der Waals surface area contributed by atoms with E-state index in [1.54, 1.807) is 0 Å². The fourth-order valence-electron chi connectivity index (χ4n) is 3.55. The number of halogens is 1. The average molecular weight is 278 g/mol. The van der Waals surface area contributed by atoms with Crippen LogP contribution < -0.4 is 9.47 Å². The summed E-state index contributed by atoms with van der Waals surface area (Å²) in [6.45, 7) is 0.268. The summed E-state index contributed by atoms with van der Waals surface area (Å²) in [5.41, 5.74) is 1.22. The van der Waals surface area contributed by atoms with Crippen molar-refractivity contribution in [2.45, 2.75) is 30.8 Å². The molecule has 100 valence electrons. The standard InChI is InChI=1S/C15H16ClNO2/c1-17-10-2-4-11(13(17)5-3-10)9-6-12(16)15-14(7-9)18-8-19-15/h2,4,6-7,10-11,13H,3,5,8H2,1H3/t10-,11-,13-/m0/s1. The van der Waals surface area contributed by atoms with Crippen LogP contribution in [-0.4, -0.2) is 30.8 Å². The quantitative estimate of drug-likeness (QED) is 0.736. The molecule has 2 bridgehead atoms. The van der Waals surface area contributed by atoms with E-state index in [2.05, 4.69) is 30.2 Å². The first-order valence-corrected chi connectivity index (χ1v) is 7.11. The summed E-state index contributed by atoms with van der Waals surface area (Å²) in [5, 5.41) is 0.654. The summed E-state index contributed by atoms with van der Waals surface area (Å²) < 4.78 is 10.8. The molecular formula is C15H16ClNO2. The van der Waals surface area contributed by atoms with Gasteiger partial charge in [-0.25, -0.2) is 0 Å². The van der Waals surface area contributed by atoms with E-state index in [1.165, 1.54) is 18.4 Å². The van der Waals surface area contributed by atoms with Crippen LogP contribution in [0.2, 0.25) is 5.02 Å². The Hall–Kier alpha value is -1.19. The second-order valence-electron chi connectivity index (χ2n) is 5.52. The molecule has 4 rings (SSSR count). The highest BCUT2D eigenvalue weighted by Gasteiger charge is 2.38. The highest BCUT2D eigenvalue weighted by Crippen LogP contribution is 2.45. The fourth-order valence-corrected chi connectivity index (χ4v) is 3.82. The first kappa shape index (κ1) is 11.6. The number of ether oxygens (including phenoxy) is 2. The molecule has 3 aliphatic rings. The maximum atomic E-state index is 6.29. The van der Waals surface area contributed by atoms with Crippen molar-refractivity contribution in [2.75, 3.05) is 13.8 Å².